The summed E-state index contributed by atoms with van der Waals surface area (Å²) < 4.78 is 4.86. The van der Waals surface area contributed by atoms with Crippen LogP contribution in [0.5, 0.6) is 0 Å². The molecule has 27 heavy (non-hydrogen) atoms. The second-order valence-corrected chi connectivity index (χ2v) is 6.96. The van der Waals surface area contributed by atoms with E-state index in [1.54, 1.807) is 0 Å². The average Bonchev–Trinajstić information content (AvgIpc) is 2.73. The Labute approximate surface area is 163 Å². The fourth-order valence-corrected chi connectivity index (χ4v) is 3.47. The number of ether oxygens (including phenoxy) is 1. The molecule has 0 bridgehead atoms. The summed E-state index contributed by atoms with van der Waals surface area (Å²) in [5.74, 6) is 0.815. The van der Waals surface area contributed by atoms with E-state index >= 15 is 0 Å². The van der Waals surface area contributed by atoms with Gasteiger partial charge in [0.15, 0.2) is 5.96 Å². The van der Waals surface area contributed by atoms with Gasteiger partial charge >= 0.3 is 5.97 Å². The molecular formula is C21H34N4O2. The third-order valence-electron chi connectivity index (χ3n) is 5.32. The van der Waals surface area contributed by atoms with Gasteiger partial charge in [-0.1, -0.05) is 38.1 Å². The molecule has 0 radical (unpaired) electrons. The second-order valence-electron chi connectivity index (χ2n) is 6.96. The van der Waals surface area contributed by atoms with Gasteiger partial charge in [0, 0.05) is 33.2 Å². The zero-order chi connectivity index (χ0) is 19.6. The van der Waals surface area contributed by atoms with E-state index in [0.29, 0.717) is 0 Å². The van der Waals surface area contributed by atoms with Crippen LogP contribution >= 0.6 is 0 Å². The molecule has 0 atom stereocenters. The Hall–Kier alpha value is -2.08. The lowest BCUT2D eigenvalue weighted by atomic mass is 9.97. The summed E-state index contributed by atoms with van der Waals surface area (Å²) in [4.78, 5) is 20.7. The van der Waals surface area contributed by atoms with Crippen molar-refractivity contribution in [3.63, 3.8) is 0 Å². The van der Waals surface area contributed by atoms with Gasteiger partial charge in [-0.25, -0.2) is 0 Å². The number of nitrogens with one attached hydrogen (secondary N) is 1. The monoisotopic (exact) mass is 374 g/mol. The predicted molar refractivity (Wildman–Crippen MR) is 110 cm³/mol. The summed E-state index contributed by atoms with van der Waals surface area (Å²) in [7, 11) is 3.27. The van der Waals surface area contributed by atoms with E-state index in [9.17, 15) is 4.79 Å². The van der Waals surface area contributed by atoms with Crippen LogP contribution in [0, 0.1) is 5.92 Å². The number of nitrogens with zero attached hydrogens (tertiary/aromatic N) is 3. The first-order valence-electron chi connectivity index (χ1n) is 9.94. The number of methoxy groups -OCH3 is 1. The maximum absolute atomic E-state index is 11.7. The van der Waals surface area contributed by atoms with Crippen LogP contribution in [0.15, 0.2) is 29.3 Å². The number of hydrogen-bond donors (Lipinski definition) is 1. The molecular weight excluding hydrogens is 340 g/mol. The van der Waals surface area contributed by atoms with Crippen molar-refractivity contribution < 1.29 is 9.53 Å². The van der Waals surface area contributed by atoms with Crippen LogP contribution in [0.25, 0.3) is 0 Å². The summed E-state index contributed by atoms with van der Waals surface area (Å²) in [5.41, 5.74) is 2.58. The highest BCUT2D eigenvalue weighted by Gasteiger charge is 2.26. The molecule has 6 nitrogen and oxygen atoms in total. The number of hydrogen-bond acceptors (Lipinski definition) is 4. The quantitative estimate of drug-likeness (QED) is 0.451. The Bertz CT molecular complexity index is 603. The summed E-state index contributed by atoms with van der Waals surface area (Å²) in [5, 5.41) is 3.45. The first-order valence-corrected chi connectivity index (χ1v) is 9.94. The van der Waals surface area contributed by atoms with Gasteiger partial charge in [0.1, 0.15) is 0 Å². The van der Waals surface area contributed by atoms with Gasteiger partial charge in [0.2, 0.25) is 0 Å². The molecule has 0 spiro atoms. The van der Waals surface area contributed by atoms with Gasteiger partial charge in [-0.3, -0.25) is 14.7 Å². The molecule has 150 valence electrons. The maximum atomic E-state index is 11.7. The zero-order valence-corrected chi connectivity index (χ0v) is 17.2. The Morgan fingerprint density at radius 2 is 1.78 bits per heavy atom. The summed E-state index contributed by atoms with van der Waals surface area (Å²) in [6.07, 6.45) is 1.63. The number of carbonyl (C=O) groups is 1. The highest BCUT2D eigenvalue weighted by atomic mass is 16.5. The molecule has 1 fully saturated rings. The minimum atomic E-state index is -0.0950. The van der Waals surface area contributed by atoms with Crippen molar-refractivity contribution in [3.05, 3.63) is 35.4 Å². The third kappa shape index (κ3) is 6.24. The molecule has 1 saturated heterocycles. The molecule has 1 aromatic carbocycles. The van der Waals surface area contributed by atoms with Crippen molar-refractivity contribution in [1.29, 1.82) is 0 Å². The first kappa shape index (κ1) is 21.2. The van der Waals surface area contributed by atoms with Crippen LogP contribution < -0.4 is 5.32 Å². The molecule has 0 amide bonds. The van der Waals surface area contributed by atoms with Gasteiger partial charge in [0.25, 0.3) is 0 Å². The molecule has 1 heterocycles. The standard InChI is InChI=1S/C21H34N4O2/c1-5-24(6-2)16-18-9-7-17(8-10-18)15-23-21(22-3)25-13-11-19(12-14-25)20(26)27-4/h7-10,19H,5-6,11-16H2,1-4H3,(H,22,23). The molecule has 1 aliphatic rings. The van der Waals surface area contributed by atoms with Gasteiger partial charge in [-0.2, -0.15) is 0 Å². The smallest absolute Gasteiger partial charge is 0.308 e. The van der Waals surface area contributed by atoms with E-state index in [4.69, 9.17) is 4.74 Å². The Balaban J connectivity index is 1.83. The number of piperidine rings is 1. The lowest BCUT2D eigenvalue weighted by Crippen LogP contribution is -2.46. The number of carbonyl (C=O) groups excluding carboxylic acids is 1. The van der Waals surface area contributed by atoms with Crippen LogP contribution in [0.2, 0.25) is 0 Å². The van der Waals surface area contributed by atoms with E-state index in [-0.39, 0.29) is 11.9 Å². The topological polar surface area (TPSA) is 57.2 Å². The number of likely N-dealkylation sites (tertiary alicyclic amines) is 1. The molecule has 0 saturated carbocycles. The SMILES string of the molecule is CCN(CC)Cc1ccc(CNC(=NC)N2CCC(C(=O)OC)CC2)cc1. The molecule has 2 rings (SSSR count). The van der Waals surface area contributed by atoms with E-state index in [2.05, 4.69) is 58.2 Å². The number of aliphatic imine (C=N–C) groups is 1. The van der Waals surface area contributed by atoms with Crippen molar-refractivity contribution in [2.45, 2.75) is 39.8 Å². The number of rotatable bonds is 7. The molecule has 0 unspecified atom stereocenters. The zero-order valence-electron chi connectivity index (χ0n) is 17.2. The summed E-state index contributed by atoms with van der Waals surface area (Å²) >= 11 is 0. The molecule has 1 N–H and O–H groups in total. The fourth-order valence-electron chi connectivity index (χ4n) is 3.47. The molecule has 6 heteroatoms. The minimum absolute atomic E-state index is 0.0164. The molecule has 1 aromatic rings. The minimum Gasteiger partial charge on any atom is -0.469 e. The Kier molecular flexibility index (Phi) is 8.58. The summed E-state index contributed by atoms with van der Waals surface area (Å²) in [6.45, 7) is 9.92. The lowest BCUT2D eigenvalue weighted by Gasteiger charge is -2.33. The van der Waals surface area contributed by atoms with Gasteiger partial charge in [-0.15, -0.1) is 0 Å². The highest BCUT2D eigenvalue weighted by molar-refractivity contribution is 5.80. The van der Waals surface area contributed by atoms with Crippen LogP contribution in [0.4, 0.5) is 0 Å². The van der Waals surface area contributed by atoms with Crippen LogP contribution in [0.1, 0.15) is 37.8 Å². The number of esters is 1. The number of guanidine groups is 1. The van der Waals surface area contributed by atoms with E-state index in [1.165, 1.54) is 18.2 Å². The second kappa shape index (κ2) is 10.9. The van der Waals surface area contributed by atoms with Crippen LogP contribution in [0.3, 0.4) is 0 Å². The van der Waals surface area contributed by atoms with Crippen molar-refractivity contribution in [2.75, 3.05) is 40.3 Å². The molecule has 1 aliphatic heterocycles. The van der Waals surface area contributed by atoms with E-state index in [0.717, 1.165) is 58.1 Å². The van der Waals surface area contributed by atoms with Crippen molar-refractivity contribution in [1.82, 2.24) is 15.1 Å². The first-order chi connectivity index (χ1) is 13.1. The molecule has 0 aliphatic carbocycles. The molecule has 0 aromatic heterocycles. The van der Waals surface area contributed by atoms with Crippen LogP contribution in [-0.4, -0.2) is 62.1 Å². The number of benzene rings is 1. The van der Waals surface area contributed by atoms with Gasteiger partial charge < -0.3 is 15.0 Å². The largest absolute Gasteiger partial charge is 0.469 e. The van der Waals surface area contributed by atoms with E-state index in [1.807, 2.05) is 7.05 Å². The Morgan fingerprint density at radius 3 is 2.30 bits per heavy atom. The Morgan fingerprint density at radius 1 is 1.19 bits per heavy atom. The predicted octanol–water partition coefficient (Wildman–Crippen LogP) is 2.49. The van der Waals surface area contributed by atoms with Crippen LogP contribution in [-0.2, 0) is 22.6 Å². The highest BCUT2D eigenvalue weighted by Crippen LogP contribution is 2.18. The van der Waals surface area contributed by atoms with Crippen molar-refractivity contribution in [3.8, 4) is 0 Å². The van der Waals surface area contributed by atoms with Crippen molar-refractivity contribution in [2.24, 2.45) is 10.9 Å². The fraction of sp³-hybridized carbons (Fsp3) is 0.619. The maximum Gasteiger partial charge on any atom is 0.308 e. The van der Waals surface area contributed by atoms with Gasteiger partial charge in [0.05, 0.1) is 13.0 Å². The van der Waals surface area contributed by atoms with Crippen molar-refractivity contribution >= 4 is 11.9 Å². The van der Waals surface area contributed by atoms with Gasteiger partial charge in [-0.05, 0) is 37.1 Å². The summed E-state index contributed by atoms with van der Waals surface area (Å²) in [6, 6.07) is 8.78. The third-order valence-corrected chi connectivity index (χ3v) is 5.32. The lowest BCUT2D eigenvalue weighted by molar-refractivity contribution is -0.146. The van der Waals surface area contributed by atoms with E-state index < -0.39 is 0 Å². The normalized spacial score (nSPS) is 15.9. The average molecular weight is 375 g/mol.